The van der Waals surface area contributed by atoms with Crippen molar-refractivity contribution < 1.29 is 50.4 Å². The van der Waals surface area contributed by atoms with Crippen LogP contribution in [0, 0.1) is 5.41 Å². The SMILES string of the molecule is BOc1ccc(C(c2ccc(O)c(NC(CC)(CC)C(CC)(CC)C(=O)c3ccc(Oc4ccc(C=O)cc4)cc3)c2)(C(F)(F)F)C(F)(F)F)cc1N. The van der Waals surface area contributed by atoms with E-state index in [4.69, 9.17) is 15.1 Å². The molecular formula is C39H41BF6N2O5. The lowest BCUT2D eigenvalue weighted by Crippen LogP contribution is -2.57. The lowest BCUT2D eigenvalue weighted by atomic mass is 9.59. The molecule has 0 saturated heterocycles. The molecule has 0 spiro atoms. The first-order valence-corrected chi connectivity index (χ1v) is 17.0. The zero-order valence-electron chi connectivity index (χ0n) is 29.9. The smallest absolute Gasteiger partial charge is 0.411 e. The van der Waals surface area contributed by atoms with Crippen LogP contribution in [0.5, 0.6) is 23.0 Å². The van der Waals surface area contributed by atoms with E-state index in [9.17, 15) is 14.7 Å². The number of ether oxygens (including phenoxy) is 1. The number of phenols is 1. The molecule has 0 aliphatic rings. The lowest BCUT2D eigenvalue weighted by molar-refractivity contribution is -0.288. The van der Waals surface area contributed by atoms with Gasteiger partial charge in [0.15, 0.2) is 5.78 Å². The standard InChI is InChI=1S/C39H41BF6N2O5/c1-5-35(6-2,34(51)25-11-17-29(18-12-25)52-28-15-9-24(23-49)10-16-28)36(7-3,8-4)48-31-22-27(13-19-32(31)50)37(38(41,42)43,39(44,45)46)26-14-20-33(53-40)30(47)21-26/h9-23,48,50H,5-8,40,47H2,1-4H3. The first-order valence-electron chi connectivity index (χ1n) is 17.0. The van der Waals surface area contributed by atoms with Crippen molar-refractivity contribution in [2.45, 2.75) is 76.7 Å². The van der Waals surface area contributed by atoms with Gasteiger partial charge < -0.3 is 25.5 Å². The number of phenolic OH excluding ortho intramolecular Hbond substituents is 1. The van der Waals surface area contributed by atoms with Gasteiger partial charge in [-0.3, -0.25) is 9.59 Å². The maximum Gasteiger partial charge on any atom is 0.411 e. The number of aromatic hydroxyl groups is 1. The maximum atomic E-state index is 15.1. The summed E-state index contributed by atoms with van der Waals surface area (Å²) in [6.45, 7) is 7.08. The van der Waals surface area contributed by atoms with Crippen LogP contribution in [0.2, 0.25) is 0 Å². The number of halogens is 6. The van der Waals surface area contributed by atoms with Gasteiger partial charge in [0, 0.05) is 16.7 Å². The zero-order valence-corrected chi connectivity index (χ0v) is 29.9. The highest BCUT2D eigenvalue weighted by atomic mass is 19.4. The van der Waals surface area contributed by atoms with Crippen LogP contribution in [0.1, 0.15) is 85.2 Å². The predicted octanol–water partition coefficient (Wildman–Crippen LogP) is 9.58. The minimum absolute atomic E-state index is 0.108. The van der Waals surface area contributed by atoms with E-state index in [1.165, 1.54) is 8.05 Å². The monoisotopic (exact) mass is 742 g/mol. The van der Waals surface area contributed by atoms with Crippen molar-refractivity contribution in [1.82, 2.24) is 0 Å². The summed E-state index contributed by atoms with van der Waals surface area (Å²) in [6.07, 6.45) is -10.3. The summed E-state index contributed by atoms with van der Waals surface area (Å²) in [5.41, 5.74) is -3.74. The van der Waals surface area contributed by atoms with E-state index < -0.39 is 57.0 Å². The Morgan fingerprint density at radius 2 is 1.28 bits per heavy atom. The molecule has 0 bridgehead atoms. The quantitative estimate of drug-likeness (QED) is 0.0278. The third kappa shape index (κ3) is 7.15. The number of anilines is 2. The number of hydrogen-bond donors (Lipinski definition) is 3. The topological polar surface area (TPSA) is 111 Å². The van der Waals surface area contributed by atoms with E-state index in [2.05, 4.69) is 5.32 Å². The maximum absolute atomic E-state index is 15.1. The van der Waals surface area contributed by atoms with Crippen molar-refractivity contribution in [3.63, 3.8) is 0 Å². The van der Waals surface area contributed by atoms with Crippen molar-refractivity contribution in [3.8, 4) is 23.0 Å². The Morgan fingerprint density at radius 3 is 1.74 bits per heavy atom. The molecule has 0 amide bonds. The Hall–Kier alpha value is -5.14. The number of Topliss-reactive ketones (excluding diaryl/α,β-unsaturated/α-hetero) is 1. The summed E-state index contributed by atoms with van der Waals surface area (Å²) in [7, 11) is 1.18. The molecule has 14 heteroatoms. The Balaban J connectivity index is 1.83. The van der Waals surface area contributed by atoms with E-state index in [-0.39, 0.29) is 37.2 Å². The molecule has 7 nitrogen and oxygen atoms in total. The number of alkyl halides is 6. The van der Waals surface area contributed by atoms with Crippen LogP contribution in [0.15, 0.2) is 84.9 Å². The van der Waals surface area contributed by atoms with Gasteiger partial charge in [-0.1, -0.05) is 39.8 Å². The van der Waals surface area contributed by atoms with Crippen molar-refractivity contribution >= 4 is 31.5 Å². The predicted molar refractivity (Wildman–Crippen MR) is 194 cm³/mol. The number of ketones is 1. The molecule has 4 aromatic carbocycles. The molecule has 53 heavy (non-hydrogen) atoms. The molecule has 0 aromatic heterocycles. The van der Waals surface area contributed by atoms with E-state index in [1.807, 2.05) is 0 Å². The highest BCUT2D eigenvalue weighted by Gasteiger charge is 2.72. The van der Waals surface area contributed by atoms with Crippen LogP contribution in [-0.4, -0.2) is 43.1 Å². The molecule has 4 N–H and O–H groups in total. The molecule has 0 aliphatic heterocycles. The van der Waals surface area contributed by atoms with E-state index in [0.717, 1.165) is 12.1 Å². The molecule has 0 unspecified atom stereocenters. The van der Waals surface area contributed by atoms with Crippen molar-refractivity contribution in [3.05, 3.63) is 107 Å². The molecule has 4 rings (SSSR count). The van der Waals surface area contributed by atoms with Crippen LogP contribution >= 0.6 is 0 Å². The molecule has 0 atom stereocenters. The fraction of sp³-hybridized carbons (Fsp3) is 0.333. The zero-order chi connectivity index (χ0) is 39.4. The fourth-order valence-corrected chi connectivity index (χ4v) is 7.47. The van der Waals surface area contributed by atoms with Crippen LogP contribution in [0.4, 0.5) is 37.7 Å². The largest absolute Gasteiger partial charge is 0.566 e. The summed E-state index contributed by atoms with van der Waals surface area (Å²) in [5.74, 6) is -0.159. The van der Waals surface area contributed by atoms with E-state index in [0.29, 0.717) is 53.2 Å². The number of nitrogens with one attached hydrogen (secondary N) is 1. The summed E-state index contributed by atoms with van der Waals surface area (Å²) in [5, 5.41) is 14.1. The second-order valence-corrected chi connectivity index (χ2v) is 12.8. The lowest BCUT2D eigenvalue weighted by Gasteiger charge is -2.50. The van der Waals surface area contributed by atoms with Crippen molar-refractivity contribution in [1.29, 1.82) is 0 Å². The minimum atomic E-state index is -5.92. The van der Waals surface area contributed by atoms with Gasteiger partial charge in [-0.25, -0.2) is 0 Å². The molecule has 0 fully saturated rings. The highest BCUT2D eigenvalue weighted by Crippen LogP contribution is 2.58. The average Bonchev–Trinajstić information content (AvgIpc) is 3.12. The minimum Gasteiger partial charge on any atom is -0.566 e. The number of carbonyl (C=O) groups is 2. The number of carbonyl (C=O) groups excluding carboxylic acids is 2. The number of hydrogen-bond acceptors (Lipinski definition) is 7. The van der Waals surface area contributed by atoms with Gasteiger partial charge in [0.25, 0.3) is 0 Å². The van der Waals surface area contributed by atoms with Crippen molar-refractivity contribution in [2.24, 2.45) is 5.41 Å². The molecule has 0 aliphatic carbocycles. The molecule has 4 aromatic rings. The number of aldehydes is 1. The van der Waals surface area contributed by atoms with Gasteiger partial charge in [-0.05, 0) is 110 Å². The van der Waals surface area contributed by atoms with E-state index >= 15 is 26.3 Å². The summed E-state index contributed by atoms with van der Waals surface area (Å²) < 4.78 is 101. The van der Waals surface area contributed by atoms with Crippen molar-refractivity contribution in [2.75, 3.05) is 11.1 Å². The first kappa shape index (κ1) is 40.6. The average molecular weight is 743 g/mol. The van der Waals surface area contributed by atoms with Crippen LogP contribution in [0.25, 0.3) is 0 Å². The second-order valence-electron chi connectivity index (χ2n) is 12.8. The summed E-state index contributed by atoms with van der Waals surface area (Å²) in [6, 6.07) is 17.0. The van der Waals surface area contributed by atoms with Gasteiger partial charge >= 0.3 is 20.4 Å². The molecule has 0 heterocycles. The third-order valence-corrected chi connectivity index (χ3v) is 10.4. The van der Waals surface area contributed by atoms with Gasteiger partial charge in [-0.15, -0.1) is 0 Å². The molecule has 0 radical (unpaired) electrons. The highest BCUT2D eigenvalue weighted by molar-refractivity contribution is 6.02. The summed E-state index contributed by atoms with van der Waals surface area (Å²) >= 11 is 0. The molecule has 282 valence electrons. The number of nitrogens with two attached hydrogens (primary N) is 1. The first-order chi connectivity index (χ1) is 24.9. The summed E-state index contributed by atoms with van der Waals surface area (Å²) in [4.78, 5) is 25.5. The molecular weight excluding hydrogens is 701 g/mol. The fourth-order valence-electron chi connectivity index (χ4n) is 7.47. The second kappa shape index (κ2) is 15.5. The number of nitrogen functional groups attached to an aromatic ring is 1. The Morgan fingerprint density at radius 1 is 0.774 bits per heavy atom. The van der Waals surface area contributed by atoms with Crippen LogP contribution < -0.4 is 20.4 Å². The van der Waals surface area contributed by atoms with Gasteiger partial charge in [0.2, 0.25) is 5.41 Å². The van der Waals surface area contributed by atoms with Gasteiger partial charge in [0.05, 0.1) is 16.8 Å². The number of rotatable bonds is 15. The Labute approximate surface area is 304 Å². The third-order valence-electron chi connectivity index (χ3n) is 10.4. The Kier molecular flexibility index (Phi) is 11.8. The normalized spacial score (nSPS) is 12.6. The number of benzene rings is 4. The van der Waals surface area contributed by atoms with Crippen LogP contribution in [-0.2, 0) is 5.41 Å². The Bertz CT molecular complexity index is 1890. The van der Waals surface area contributed by atoms with E-state index in [1.54, 1.807) is 76.2 Å². The van der Waals surface area contributed by atoms with Crippen LogP contribution in [0.3, 0.4) is 0 Å². The molecule has 0 saturated carbocycles. The van der Waals surface area contributed by atoms with Gasteiger partial charge in [-0.2, -0.15) is 26.3 Å². The van der Waals surface area contributed by atoms with Gasteiger partial charge in [0.1, 0.15) is 29.3 Å².